The molecule has 102 valence electrons. The van der Waals surface area contributed by atoms with Gasteiger partial charge in [-0.05, 0) is 18.6 Å². The highest BCUT2D eigenvalue weighted by molar-refractivity contribution is 5.93. The maximum absolute atomic E-state index is 8.82. The molecule has 2 rings (SSSR count). The monoisotopic (exact) mass is 262 g/mol. The Balaban J connectivity index is 2.42. The van der Waals surface area contributed by atoms with E-state index in [1.54, 1.807) is 20.4 Å². The molecule has 5 nitrogen and oxygen atoms in total. The van der Waals surface area contributed by atoms with Crippen molar-refractivity contribution < 1.29 is 14.6 Å². The quantitative estimate of drug-likeness (QED) is 0.780. The number of aliphatic hydroxyl groups excluding tert-OH is 1. The van der Waals surface area contributed by atoms with Gasteiger partial charge in [0.05, 0.1) is 19.7 Å². The van der Waals surface area contributed by atoms with Gasteiger partial charge >= 0.3 is 0 Å². The van der Waals surface area contributed by atoms with E-state index < -0.39 is 0 Å². The third kappa shape index (κ3) is 2.88. The number of rotatable bonds is 6. The minimum Gasteiger partial charge on any atom is -0.493 e. The van der Waals surface area contributed by atoms with Crippen LogP contribution in [0.3, 0.4) is 0 Å². The third-order valence-corrected chi connectivity index (χ3v) is 2.90. The number of hydrogen-bond donors (Lipinski definition) is 2. The number of anilines is 1. The normalized spacial score (nSPS) is 10.5. The van der Waals surface area contributed by atoms with Crippen LogP contribution >= 0.6 is 0 Å². The summed E-state index contributed by atoms with van der Waals surface area (Å²) in [7, 11) is 3.21. The zero-order valence-corrected chi connectivity index (χ0v) is 11.1. The summed E-state index contributed by atoms with van der Waals surface area (Å²) in [4.78, 5) is 4.33. The van der Waals surface area contributed by atoms with Crippen LogP contribution in [-0.2, 0) is 0 Å². The van der Waals surface area contributed by atoms with Crippen LogP contribution in [0, 0.1) is 0 Å². The molecule has 1 heterocycles. The lowest BCUT2D eigenvalue weighted by Crippen LogP contribution is -2.04. The highest BCUT2D eigenvalue weighted by Gasteiger charge is 2.09. The highest BCUT2D eigenvalue weighted by Crippen LogP contribution is 2.34. The van der Waals surface area contributed by atoms with Gasteiger partial charge in [0.1, 0.15) is 0 Å². The van der Waals surface area contributed by atoms with Crippen molar-refractivity contribution in [2.24, 2.45) is 0 Å². The van der Waals surface area contributed by atoms with E-state index in [1.807, 2.05) is 18.2 Å². The number of hydrogen-bond acceptors (Lipinski definition) is 5. The molecule has 0 atom stereocenters. The summed E-state index contributed by atoms with van der Waals surface area (Å²) < 4.78 is 10.6. The molecule has 0 saturated heterocycles. The number of aromatic nitrogens is 1. The molecule has 0 aliphatic carbocycles. The first kappa shape index (κ1) is 13.4. The summed E-state index contributed by atoms with van der Waals surface area (Å²) in [5.41, 5.74) is 1.81. The van der Waals surface area contributed by atoms with E-state index in [0.29, 0.717) is 24.5 Å². The number of ether oxygens (including phenoxy) is 2. The first-order valence-electron chi connectivity index (χ1n) is 6.15. The molecule has 5 heteroatoms. The van der Waals surface area contributed by atoms with Crippen LogP contribution in [0.15, 0.2) is 24.4 Å². The summed E-state index contributed by atoms with van der Waals surface area (Å²) >= 11 is 0. The standard InChI is InChI=1S/C14H18N2O3/c1-18-13-8-10-11(15-5-3-7-17)4-6-16-12(10)9-14(13)19-2/h4,6,8-9,17H,3,5,7H2,1-2H3,(H,15,16). The van der Waals surface area contributed by atoms with Gasteiger partial charge in [-0.3, -0.25) is 4.98 Å². The zero-order chi connectivity index (χ0) is 13.7. The van der Waals surface area contributed by atoms with Crippen LogP contribution < -0.4 is 14.8 Å². The molecule has 0 saturated carbocycles. The van der Waals surface area contributed by atoms with Gasteiger partial charge in [-0.2, -0.15) is 0 Å². The SMILES string of the molecule is COc1cc2nccc(NCCCO)c2cc1OC. The van der Waals surface area contributed by atoms with E-state index in [2.05, 4.69) is 10.3 Å². The van der Waals surface area contributed by atoms with Crippen molar-refractivity contribution in [3.05, 3.63) is 24.4 Å². The average Bonchev–Trinajstić information content (AvgIpc) is 2.46. The predicted molar refractivity (Wildman–Crippen MR) is 75.0 cm³/mol. The lowest BCUT2D eigenvalue weighted by atomic mass is 10.1. The predicted octanol–water partition coefficient (Wildman–Crippen LogP) is 2.05. The maximum atomic E-state index is 8.82. The third-order valence-electron chi connectivity index (χ3n) is 2.90. The van der Waals surface area contributed by atoms with Gasteiger partial charge in [-0.25, -0.2) is 0 Å². The van der Waals surface area contributed by atoms with Crippen molar-refractivity contribution in [2.75, 3.05) is 32.7 Å². The summed E-state index contributed by atoms with van der Waals surface area (Å²) in [5, 5.41) is 13.1. The smallest absolute Gasteiger partial charge is 0.162 e. The van der Waals surface area contributed by atoms with Crippen molar-refractivity contribution in [1.29, 1.82) is 0 Å². The summed E-state index contributed by atoms with van der Waals surface area (Å²) in [6, 6.07) is 5.67. The molecule has 0 bridgehead atoms. The minimum atomic E-state index is 0.174. The molecular weight excluding hydrogens is 244 g/mol. The lowest BCUT2D eigenvalue weighted by molar-refractivity contribution is 0.292. The second-order valence-electron chi connectivity index (χ2n) is 4.09. The second-order valence-corrected chi connectivity index (χ2v) is 4.09. The number of aliphatic hydroxyl groups is 1. The fourth-order valence-electron chi connectivity index (χ4n) is 1.93. The average molecular weight is 262 g/mol. The largest absolute Gasteiger partial charge is 0.493 e. The highest BCUT2D eigenvalue weighted by atomic mass is 16.5. The number of methoxy groups -OCH3 is 2. The Hall–Kier alpha value is -2.01. The van der Waals surface area contributed by atoms with Gasteiger partial charge < -0.3 is 19.9 Å². The molecular formula is C14H18N2O3. The number of benzene rings is 1. The van der Waals surface area contributed by atoms with Gasteiger partial charge in [0.15, 0.2) is 11.5 Å². The number of fused-ring (bicyclic) bond motifs is 1. The summed E-state index contributed by atoms with van der Waals surface area (Å²) in [6.45, 7) is 0.886. The van der Waals surface area contributed by atoms with Gasteiger partial charge in [-0.15, -0.1) is 0 Å². The molecule has 0 unspecified atom stereocenters. The molecule has 0 radical (unpaired) electrons. The first-order chi connectivity index (χ1) is 9.30. The fraction of sp³-hybridized carbons (Fsp3) is 0.357. The molecule has 0 amide bonds. The number of nitrogens with zero attached hydrogens (tertiary/aromatic N) is 1. The van der Waals surface area contributed by atoms with Crippen molar-refractivity contribution >= 4 is 16.6 Å². The molecule has 2 aromatic rings. The van der Waals surface area contributed by atoms with Gasteiger partial charge in [-0.1, -0.05) is 0 Å². The van der Waals surface area contributed by atoms with Crippen LogP contribution in [0.25, 0.3) is 10.9 Å². The minimum absolute atomic E-state index is 0.174. The van der Waals surface area contributed by atoms with E-state index in [9.17, 15) is 0 Å². The number of nitrogens with one attached hydrogen (secondary N) is 1. The van der Waals surface area contributed by atoms with E-state index in [-0.39, 0.29) is 6.61 Å². The van der Waals surface area contributed by atoms with Gasteiger partial charge in [0, 0.05) is 36.5 Å². The van der Waals surface area contributed by atoms with Crippen LogP contribution in [0.4, 0.5) is 5.69 Å². The molecule has 0 aliphatic heterocycles. The van der Waals surface area contributed by atoms with E-state index in [1.165, 1.54) is 0 Å². The Morgan fingerprint density at radius 2 is 1.95 bits per heavy atom. The maximum Gasteiger partial charge on any atom is 0.162 e. The lowest BCUT2D eigenvalue weighted by Gasteiger charge is -2.12. The van der Waals surface area contributed by atoms with Crippen LogP contribution in [-0.4, -0.2) is 37.5 Å². The van der Waals surface area contributed by atoms with E-state index >= 15 is 0 Å². The van der Waals surface area contributed by atoms with Crippen LogP contribution in [0.1, 0.15) is 6.42 Å². The Labute approximate surface area is 112 Å². The molecule has 1 aromatic carbocycles. The van der Waals surface area contributed by atoms with Gasteiger partial charge in [0.25, 0.3) is 0 Å². The van der Waals surface area contributed by atoms with Crippen molar-refractivity contribution in [3.63, 3.8) is 0 Å². The van der Waals surface area contributed by atoms with Crippen LogP contribution in [0.2, 0.25) is 0 Å². The van der Waals surface area contributed by atoms with Crippen molar-refractivity contribution in [3.8, 4) is 11.5 Å². The van der Waals surface area contributed by atoms with Gasteiger partial charge in [0.2, 0.25) is 0 Å². The van der Waals surface area contributed by atoms with Crippen molar-refractivity contribution in [1.82, 2.24) is 4.98 Å². The van der Waals surface area contributed by atoms with Crippen molar-refractivity contribution in [2.45, 2.75) is 6.42 Å². The number of pyridine rings is 1. The molecule has 0 spiro atoms. The molecule has 0 aliphatic rings. The molecule has 1 aromatic heterocycles. The van der Waals surface area contributed by atoms with Crippen LogP contribution in [0.5, 0.6) is 11.5 Å². The second kappa shape index (κ2) is 6.24. The zero-order valence-electron chi connectivity index (χ0n) is 11.1. The molecule has 2 N–H and O–H groups in total. The Kier molecular flexibility index (Phi) is 4.41. The van der Waals surface area contributed by atoms with E-state index in [0.717, 1.165) is 16.6 Å². The summed E-state index contributed by atoms with van der Waals surface area (Å²) in [5.74, 6) is 1.34. The Morgan fingerprint density at radius 3 is 2.63 bits per heavy atom. The fourth-order valence-corrected chi connectivity index (χ4v) is 1.93. The van der Waals surface area contributed by atoms with E-state index in [4.69, 9.17) is 14.6 Å². The Bertz CT molecular complexity index is 558. The summed E-state index contributed by atoms with van der Waals surface area (Å²) in [6.07, 6.45) is 2.45. The Morgan fingerprint density at radius 1 is 1.21 bits per heavy atom. The topological polar surface area (TPSA) is 63.6 Å². The molecule has 19 heavy (non-hydrogen) atoms. The molecule has 0 fully saturated rings. The first-order valence-corrected chi connectivity index (χ1v) is 6.15.